The van der Waals surface area contributed by atoms with Crippen molar-refractivity contribution < 1.29 is 19.5 Å². The van der Waals surface area contributed by atoms with Gasteiger partial charge in [-0.05, 0) is 17.7 Å². The topological polar surface area (TPSA) is 68.1 Å². The summed E-state index contributed by atoms with van der Waals surface area (Å²) in [6.07, 6.45) is 1.67. The molecule has 0 bridgehead atoms. The van der Waals surface area contributed by atoms with E-state index >= 15 is 0 Å². The van der Waals surface area contributed by atoms with Crippen LogP contribution in [0.25, 0.3) is 5.57 Å². The summed E-state index contributed by atoms with van der Waals surface area (Å²) in [5.74, 6) is -0.543. The largest absolute Gasteiger partial charge is 0.503 e. The Hall–Kier alpha value is -2.79. The molecule has 0 saturated heterocycles. The molecule has 25 heavy (non-hydrogen) atoms. The van der Waals surface area contributed by atoms with E-state index in [4.69, 9.17) is 21.1 Å². The van der Waals surface area contributed by atoms with E-state index in [1.807, 2.05) is 12.1 Å². The highest BCUT2D eigenvalue weighted by atomic mass is 35.5. The van der Waals surface area contributed by atoms with Gasteiger partial charge in [-0.25, -0.2) is 4.79 Å². The lowest BCUT2D eigenvalue weighted by molar-refractivity contribution is -0.133. The molecule has 0 aliphatic heterocycles. The first kappa shape index (κ1) is 18.5. The van der Waals surface area contributed by atoms with Crippen molar-refractivity contribution >= 4 is 28.9 Å². The van der Waals surface area contributed by atoms with Gasteiger partial charge in [-0.15, -0.1) is 0 Å². The second-order valence-corrected chi connectivity index (χ2v) is 5.59. The number of oxime groups is 1. The number of ether oxygens (including phenoxy) is 2. The maximum absolute atomic E-state index is 12.1. The number of halogens is 1. The summed E-state index contributed by atoms with van der Waals surface area (Å²) in [7, 11) is 2.74. The Morgan fingerprint density at radius 1 is 1.12 bits per heavy atom. The zero-order chi connectivity index (χ0) is 18.2. The fourth-order valence-corrected chi connectivity index (χ4v) is 2.53. The third-order valence-electron chi connectivity index (χ3n) is 3.57. The Bertz CT molecular complexity index is 797. The number of hydrogen-bond donors (Lipinski definition) is 1. The van der Waals surface area contributed by atoms with Crippen LogP contribution in [0.4, 0.5) is 0 Å². The number of hydrogen-bond acceptors (Lipinski definition) is 5. The van der Waals surface area contributed by atoms with E-state index in [9.17, 15) is 10.0 Å². The number of rotatable bonds is 6. The van der Waals surface area contributed by atoms with Crippen LogP contribution < -0.4 is 0 Å². The van der Waals surface area contributed by atoms with Gasteiger partial charge in [-0.2, -0.15) is 0 Å². The van der Waals surface area contributed by atoms with Crippen LogP contribution in [0.15, 0.2) is 59.9 Å². The van der Waals surface area contributed by atoms with Crippen molar-refractivity contribution in [1.82, 2.24) is 0 Å². The van der Waals surface area contributed by atoms with Crippen LogP contribution in [-0.2, 0) is 20.7 Å². The molecule has 0 heterocycles. The third-order valence-corrected chi connectivity index (χ3v) is 3.83. The lowest BCUT2D eigenvalue weighted by atomic mass is 9.94. The second-order valence-electron chi connectivity index (χ2n) is 5.15. The molecule has 1 N–H and O–H groups in total. The summed E-state index contributed by atoms with van der Waals surface area (Å²) >= 11 is 5.90. The van der Waals surface area contributed by atoms with Crippen LogP contribution in [0.2, 0.25) is 5.02 Å². The monoisotopic (exact) mass is 359 g/mol. The number of carbonyl (C=O) groups is 1. The maximum atomic E-state index is 12.1. The van der Waals surface area contributed by atoms with E-state index in [1.165, 1.54) is 20.5 Å². The smallest absolute Gasteiger partial charge is 0.341 e. The van der Waals surface area contributed by atoms with Crippen LogP contribution in [-0.4, -0.2) is 31.1 Å². The van der Waals surface area contributed by atoms with E-state index in [-0.39, 0.29) is 5.57 Å². The quantitative estimate of drug-likeness (QED) is 0.212. The molecule has 2 aromatic rings. The molecular formula is C19H18ClNO4. The molecule has 0 aromatic heterocycles. The standard InChI is InChI=1S/C19H18ClNO4/c1-24-12-17(19(22)25-2)15-5-3-4-6-16(15)18(21-23)11-13-7-9-14(20)10-8-13/h3-10,12,23H,11H2,1-2H3/b17-12+,21-18+. The Kier molecular flexibility index (Phi) is 6.60. The normalized spacial score (nSPS) is 12.0. The SMILES string of the molecule is CO/C=C(/C(=O)OC)c1ccccc1/C(Cc1ccc(Cl)cc1)=N/O. The summed E-state index contributed by atoms with van der Waals surface area (Å²) in [5, 5.41) is 13.6. The Morgan fingerprint density at radius 2 is 1.76 bits per heavy atom. The first-order chi connectivity index (χ1) is 12.1. The van der Waals surface area contributed by atoms with E-state index in [1.54, 1.807) is 36.4 Å². The summed E-state index contributed by atoms with van der Waals surface area (Å²) in [5.41, 5.74) is 2.72. The average Bonchev–Trinajstić information content (AvgIpc) is 2.65. The Labute approximate surface area is 151 Å². The van der Waals surface area contributed by atoms with Gasteiger partial charge in [0.05, 0.1) is 26.2 Å². The molecule has 0 atom stereocenters. The zero-order valence-corrected chi connectivity index (χ0v) is 14.7. The number of carbonyl (C=O) groups excluding carboxylic acids is 1. The first-order valence-corrected chi connectivity index (χ1v) is 7.85. The van der Waals surface area contributed by atoms with Gasteiger partial charge in [0.2, 0.25) is 0 Å². The van der Waals surface area contributed by atoms with Crippen LogP contribution in [0, 0.1) is 0 Å². The number of esters is 1. The highest BCUT2D eigenvalue weighted by Gasteiger charge is 2.19. The van der Waals surface area contributed by atoms with E-state index in [0.29, 0.717) is 28.3 Å². The fourth-order valence-electron chi connectivity index (χ4n) is 2.40. The molecule has 0 unspecified atom stereocenters. The lowest BCUT2D eigenvalue weighted by Gasteiger charge is -2.13. The van der Waals surface area contributed by atoms with Crippen LogP contribution in [0.5, 0.6) is 0 Å². The first-order valence-electron chi connectivity index (χ1n) is 7.47. The van der Waals surface area contributed by atoms with Gasteiger partial charge >= 0.3 is 5.97 Å². The molecule has 6 heteroatoms. The van der Waals surface area contributed by atoms with E-state index in [0.717, 1.165) is 5.56 Å². The molecule has 0 aliphatic carbocycles. The number of nitrogens with zero attached hydrogens (tertiary/aromatic N) is 1. The molecule has 2 rings (SSSR count). The minimum atomic E-state index is -0.543. The molecule has 130 valence electrons. The molecule has 0 aliphatic rings. The van der Waals surface area contributed by atoms with Crippen LogP contribution in [0.3, 0.4) is 0 Å². The molecular weight excluding hydrogens is 342 g/mol. The predicted octanol–water partition coefficient (Wildman–Crippen LogP) is 3.92. The van der Waals surface area contributed by atoms with Gasteiger partial charge < -0.3 is 14.7 Å². The minimum absolute atomic E-state index is 0.234. The molecule has 2 aromatic carbocycles. The molecule has 0 radical (unpaired) electrons. The highest BCUT2D eigenvalue weighted by molar-refractivity contribution is 6.30. The van der Waals surface area contributed by atoms with Crippen molar-refractivity contribution in [2.75, 3.05) is 14.2 Å². The van der Waals surface area contributed by atoms with E-state index < -0.39 is 5.97 Å². The van der Waals surface area contributed by atoms with Gasteiger partial charge in [0, 0.05) is 22.6 Å². The molecule has 0 amide bonds. The summed E-state index contributed by atoms with van der Waals surface area (Å²) < 4.78 is 9.82. The van der Waals surface area contributed by atoms with Gasteiger partial charge in [0.15, 0.2) is 0 Å². The maximum Gasteiger partial charge on any atom is 0.341 e. The van der Waals surface area contributed by atoms with Crippen molar-refractivity contribution in [2.45, 2.75) is 6.42 Å². The van der Waals surface area contributed by atoms with Crippen LogP contribution in [0.1, 0.15) is 16.7 Å². The average molecular weight is 360 g/mol. The predicted molar refractivity (Wildman–Crippen MR) is 96.9 cm³/mol. The summed E-state index contributed by atoms with van der Waals surface area (Å²) in [6.45, 7) is 0. The molecule has 0 spiro atoms. The third kappa shape index (κ3) is 4.61. The van der Waals surface area contributed by atoms with Crippen molar-refractivity contribution in [1.29, 1.82) is 0 Å². The molecule has 0 saturated carbocycles. The van der Waals surface area contributed by atoms with Gasteiger partial charge in [-0.3, -0.25) is 0 Å². The molecule has 0 fully saturated rings. The van der Waals surface area contributed by atoms with Gasteiger partial charge in [0.25, 0.3) is 0 Å². The summed E-state index contributed by atoms with van der Waals surface area (Å²) in [6, 6.07) is 14.3. The van der Waals surface area contributed by atoms with Gasteiger partial charge in [0.1, 0.15) is 5.57 Å². The highest BCUT2D eigenvalue weighted by Crippen LogP contribution is 2.23. The second kappa shape index (κ2) is 8.89. The number of methoxy groups -OCH3 is 2. The molecule has 5 nitrogen and oxygen atoms in total. The van der Waals surface area contributed by atoms with Crippen LogP contribution >= 0.6 is 11.6 Å². The van der Waals surface area contributed by atoms with Crippen molar-refractivity contribution in [3.05, 3.63) is 76.5 Å². The van der Waals surface area contributed by atoms with Crippen molar-refractivity contribution in [2.24, 2.45) is 5.16 Å². The number of benzene rings is 2. The van der Waals surface area contributed by atoms with Crippen molar-refractivity contribution in [3.63, 3.8) is 0 Å². The zero-order valence-electron chi connectivity index (χ0n) is 13.9. The fraction of sp³-hybridized carbons (Fsp3) is 0.158. The van der Waals surface area contributed by atoms with Gasteiger partial charge in [-0.1, -0.05) is 53.2 Å². The van der Waals surface area contributed by atoms with E-state index in [2.05, 4.69) is 5.16 Å². The Morgan fingerprint density at radius 3 is 2.32 bits per heavy atom. The lowest BCUT2D eigenvalue weighted by Crippen LogP contribution is -2.12. The minimum Gasteiger partial charge on any atom is -0.503 e. The van der Waals surface area contributed by atoms with Crippen molar-refractivity contribution in [3.8, 4) is 0 Å². The Balaban J connectivity index is 2.45. The summed E-state index contributed by atoms with van der Waals surface area (Å²) in [4.78, 5) is 12.1.